The molecule has 2 amide bonds. The maximum atomic E-state index is 11.6. The van der Waals surface area contributed by atoms with Crippen molar-refractivity contribution < 1.29 is 19.1 Å². The zero-order valence-electron chi connectivity index (χ0n) is 11.0. The Hall–Kier alpha value is -1.89. The summed E-state index contributed by atoms with van der Waals surface area (Å²) in [5.74, 6) is -1.75. The molecule has 0 spiro atoms. The summed E-state index contributed by atoms with van der Waals surface area (Å²) in [5.41, 5.74) is 6.48. The number of amides is 2. The van der Waals surface area contributed by atoms with Crippen molar-refractivity contribution in [3.8, 4) is 0 Å². The van der Waals surface area contributed by atoms with Gasteiger partial charge in [0.1, 0.15) is 11.4 Å². The monoisotopic (exact) mass is 284 g/mol. The highest BCUT2D eigenvalue weighted by Crippen LogP contribution is 2.33. The van der Waals surface area contributed by atoms with Crippen LogP contribution in [0.1, 0.15) is 34.1 Å². The Kier molecular flexibility index (Phi) is 5.05. The van der Waals surface area contributed by atoms with Crippen molar-refractivity contribution in [1.29, 1.82) is 0 Å². The lowest BCUT2D eigenvalue weighted by Crippen LogP contribution is -2.20. The molecule has 0 bridgehead atoms. The van der Waals surface area contributed by atoms with Crippen LogP contribution in [0.2, 0.25) is 0 Å². The molecular formula is C12H16N2O4S. The molecule has 0 atom stereocenters. The minimum Gasteiger partial charge on any atom is -0.469 e. The zero-order chi connectivity index (χ0) is 14.6. The highest BCUT2D eigenvalue weighted by molar-refractivity contribution is 7.16. The number of anilines is 1. The molecule has 0 fully saturated rings. The van der Waals surface area contributed by atoms with Crippen LogP contribution in [0.15, 0.2) is 0 Å². The number of nitrogens with one attached hydrogen (secondary N) is 1. The minimum absolute atomic E-state index is 0.322. The molecule has 0 aliphatic rings. The van der Waals surface area contributed by atoms with Gasteiger partial charge < -0.3 is 15.8 Å². The molecule has 6 nitrogen and oxygen atoms in total. The highest BCUT2D eigenvalue weighted by Gasteiger charge is 2.21. The number of primary amides is 1. The Morgan fingerprint density at radius 2 is 2.00 bits per heavy atom. The van der Waals surface area contributed by atoms with Crippen LogP contribution in [-0.2, 0) is 20.7 Å². The summed E-state index contributed by atoms with van der Waals surface area (Å²) in [5, 5.41) is 2.92. The number of hydrogen-bond acceptors (Lipinski definition) is 5. The molecule has 1 heterocycles. The minimum atomic E-state index is -0.637. The van der Waals surface area contributed by atoms with Gasteiger partial charge in [0.05, 0.1) is 12.7 Å². The van der Waals surface area contributed by atoms with E-state index in [0.717, 1.165) is 10.4 Å². The summed E-state index contributed by atoms with van der Waals surface area (Å²) in [6.07, 6.45) is 0.251. The van der Waals surface area contributed by atoms with Crippen molar-refractivity contribution in [3.63, 3.8) is 0 Å². The van der Waals surface area contributed by atoms with Gasteiger partial charge in [-0.15, -0.1) is 11.3 Å². The fourth-order valence-corrected chi connectivity index (χ4v) is 2.89. The lowest BCUT2D eigenvalue weighted by Gasteiger charge is -2.05. The lowest BCUT2D eigenvalue weighted by atomic mass is 10.1. The van der Waals surface area contributed by atoms with Gasteiger partial charge in [0.15, 0.2) is 0 Å². The Labute approximate surface area is 114 Å². The fraction of sp³-hybridized carbons (Fsp3) is 0.417. The molecule has 0 unspecified atom stereocenters. The number of carbonyl (C=O) groups is 3. The molecule has 0 aliphatic heterocycles. The van der Waals surface area contributed by atoms with Gasteiger partial charge in [0.25, 0.3) is 5.91 Å². The molecule has 1 aromatic heterocycles. The standard InChI is InChI=1S/C12H16N2O4S/c1-4-7-6(2)19-12(10(7)11(13)17)14-8(15)5-9(16)18-3/h4-5H2,1-3H3,(H2,13,17)(H,14,15). The first-order chi connectivity index (χ1) is 8.90. The molecule has 7 heteroatoms. The van der Waals surface area contributed by atoms with Crippen LogP contribution in [0.4, 0.5) is 5.00 Å². The van der Waals surface area contributed by atoms with Gasteiger partial charge in [-0.1, -0.05) is 6.92 Å². The number of thiophene rings is 1. The zero-order valence-corrected chi connectivity index (χ0v) is 11.8. The molecule has 3 N–H and O–H groups in total. The summed E-state index contributed by atoms with van der Waals surface area (Å²) in [7, 11) is 1.20. The maximum absolute atomic E-state index is 11.6. The van der Waals surface area contributed by atoms with Gasteiger partial charge in [-0.2, -0.15) is 0 Å². The van der Waals surface area contributed by atoms with Crippen LogP contribution in [0, 0.1) is 6.92 Å². The first-order valence-corrected chi connectivity index (χ1v) is 6.51. The highest BCUT2D eigenvalue weighted by atomic mass is 32.1. The summed E-state index contributed by atoms with van der Waals surface area (Å²) in [4.78, 5) is 35.0. The molecular weight excluding hydrogens is 268 g/mol. The number of nitrogens with two attached hydrogens (primary N) is 1. The Morgan fingerprint density at radius 3 is 2.47 bits per heavy atom. The van der Waals surface area contributed by atoms with Crippen molar-refractivity contribution >= 4 is 34.1 Å². The first kappa shape index (κ1) is 15.2. The van der Waals surface area contributed by atoms with E-state index in [4.69, 9.17) is 5.73 Å². The van der Waals surface area contributed by atoms with Gasteiger partial charge in [-0.05, 0) is 18.9 Å². The van der Waals surface area contributed by atoms with E-state index in [1.54, 1.807) is 0 Å². The van der Waals surface area contributed by atoms with Crippen molar-refractivity contribution in [2.75, 3.05) is 12.4 Å². The predicted molar refractivity (Wildman–Crippen MR) is 72.2 cm³/mol. The predicted octanol–water partition coefficient (Wildman–Crippen LogP) is 1.22. The number of aryl methyl sites for hydroxylation is 1. The first-order valence-electron chi connectivity index (χ1n) is 5.69. The second kappa shape index (κ2) is 6.33. The van der Waals surface area contributed by atoms with Crippen molar-refractivity contribution in [2.24, 2.45) is 5.73 Å². The van der Waals surface area contributed by atoms with Gasteiger partial charge >= 0.3 is 5.97 Å². The van der Waals surface area contributed by atoms with Crippen LogP contribution in [0.5, 0.6) is 0 Å². The summed E-state index contributed by atoms with van der Waals surface area (Å²) < 4.78 is 4.40. The fourth-order valence-electron chi connectivity index (χ4n) is 1.73. The molecule has 1 aromatic rings. The third-order valence-electron chi connectivity index (χ3n) is 2.59. The van der Waals surface area contributed by atoms with Crippen LogP contribution in [0.25, 0.3) is 0 Å². The Morgan fingerprint density at radius 1 is 1.37 bits per heavy atom. The van der Waals surface area contributed by atoms with Gasteiger partial charge in [0, 0.05) is 4.88 Å². The summed E-state index contributed by atoms with van der Waals surface area (Å²) in [6.45, 7) is 3.76. The van der Waals surface area contributed by atoms with E-state index in [1.165, 1.54) is 18.4 Å². The van der Waals surface area contributed by atoms with Crippen LogP contribution < -0.4 is 11.1 Å². The quantitative estimate of drug-likeness (QED) is 0.627. The van der Waals surface area contributed by atoms with E-state index in [1.807, 2.05) is 13.8 Å². The topological polar surface area (TPSA) is 98.5 Å². The molecule has 0 aliphatic carbocycles. The number of carbonyl (C=O) groups excluding carboxylic acids is 3. The SMILES string of the molecule is CCc1c(C)sc(NC(=O)CC(=O)OC)c1C(N)=O. The average Bonchev–Trinajstić information content (AvgIpc) is 2.64. The largest absolute Gasteiger partial charge is 0.469 e. The average molecular weight is 284 g/mol. The van der Waals surface area contributed by atoms with E-state index in [0.29, 0.717) is 17.0 Å². The van der Waals surface area contributed by atoms with E-state index >= 15 is 0 Å². The van der Waals surface area contributed by atoms with E-state index in [9.17, 15) is 14.4 Å². The normalized spacial score (nSPS) is 10.1. The molecule has 0 saturated carbocycles. The summed E-state index contributed by atoms with van der Waals surface area (Å²) in [6, 6.07) is 0. The second-order valence-corrected chi connectivity index (χ2v) is 5.08. The molecule has 1 rings (SSSR count). The Bertz CT molecular complexity index is 522. The van der Waals surface area contributed by atoms with Crippen LogP contribution >= 0.6 is 11.3 Å². The Balaban J connectivity index is 2.98. The lowest BCUT2D eigenvalue weighted by molar-refractivity contribution is -0.142. The second-order valence-electron chi connectivity index (χ2n) is 3.86. The van der Waals surface area contributed by atoms with Crippen molar-refractivity contribution in [2.45, 2.75) is 26.7 Å². The third-order valence-corrected chi connectivity index (χ3v) is 3.66. The van der Waals surface area contributed by atoms with Gasteiger partial charge in [-0.25, -0.2) is 0 Å². The van der Waals surface area contributed by atoms with E-state index in [-0.39, 0.29) is 0 Å². The van der Waals surface area contributed by atoms with Crippen LogP contribution in [0.3, 0.4) is 0 Å². The smallest absolute Gasteiger partial charge is 0.315 e. The van der Waals surface area contributed by atoms with E-state index < -0.39 is 24.2 Å². The van der Waals surface area contributed by atoms with Crippen molar-refractivity contribution in [1.82, 2.24) is 0 Å². The van der Waals surface area contributed by atoms with Gasteiger partial charge in [0.2, 0.25) is 5.91 Å². The summed E-state index contributed by atoms with van der Waals surface area (Å²) >= 11 is 1.27. The number of ether oxygens (including phenoxy) is 1. The number of methoxy groups -OCH3 is 1. The number of rotatable bonds is 5. The molecule has 0 saturated heterocycles. The number of esters is 1. The van der Waals surface area contributed by atoms with Gasteiger partial charge in [-0.3, -0.25) is 14.4 Å². The number of hydrogen-bond donors (Lipinski definition) is 2. The molecule has 104 valence electrons. The van der Waals surface area contributed by atoms with E-state index in [2.05, 4.69) is 10.1 Å². The van der Waals surface area contributed by atoms with Crippen LogP contribution in [-0.4, -0.2) is 24.9 Å². The molecule has 0 radical (unpaired) electrons. The van der Waals surface area contributed by atoms with Crippen molar-refractivity contribution in [3.05, 3.63) is 16.0 Å². The molecule has 0 aromatic carbocycles. The maximum Gasteiger partial charge on any atom is 0.315 e. The third kappa shape index (κ3) is 3.54. The molecule has 19 heavy (non-hydrogen) atoms.